The molecule has 0 amide bonds. The van der Waals surface area contributed by atoms with Crippen molar-refractivity contribution in [1.29, 1.82) is 0 Å². The second-order valence-electron chi connectivity index (χ2n) is 7.64. The van der Waals surface area contributed by atoms with Gasteiger partial charge in [0.25, 0.3) is 0 Å². The summed E-state index contributed by atoms with van der Waals surface area (Å²) in [6.07, 6.45) is 3.59. The van der Waals surface area contributed by atoms with Gasteiger partial charge >= 0.3 is 0 Å². The highest BCUT2D eigenvalue weighted by atomic mass is 16.4. The molecule has 9 nitrogen and oxygen atoms in total. The molecule has 9 heteroatoms. The van der Waals surface area contributed by atoms with Crippen molar-refractivity contribution in [3.8, 4) is 34.3 Å². The molecule has 0 spiro atoms. The molecule has 4 heterocycles. The number of aryl methyl sites for hydroxylation is 1. The first kappa shape index (κ1) is 19.1. The fourth-order valence-electron chi connectivity index (χ4n) is 3.73. The van der Waals surface area contributed by atoms with E-state index in [-0.39, 0.29) is 0 Å². The molecule has 0 aliphatic heterocycles. The highest BCUT2D eigenvalue weighted by molar-refractivity contribution is 5.63. The van der Waals surface area contributed by atoms with Crippen LogP contribution in [0, 0.1) is 6.92 Å². The summed E-state index contributed by atoms with van der Waals surface area (Å²) in [6.45, 7) is 2.52. The molecule has 160 valence electrons. The topological polar surface area (TPSA) is 99.8 Å². The molecule has 0 saturated carbocycles. The number of imidazole rings is 1. The molecule has 0 aliphatic carbocycles. The fraction of sp³-hybridized carbons (Fsp3) is 0.0833. The molecule has 6 rings (SSSR count). The van der Waals surface area contributed by atoms with Crippen LogP contribution in [0.1, 0.15) is 11.3 Å². The predicted molar refractivity (Wildman–Crippen MR) is 121 cm³/mol. The first-order valence-corrected chi connectivity index (χ1v) is 10.4. The largest absolute Gasteiger partial charge is 0.416 e. The lowest BCUT2D eigenvalue weighted by molar-refractivity contribution is 0.572. The smallest absolute Gasteiger partial charge is 0.249 e. The van der Waals surface area contributed by atoms with Gasteiger partial charge in [-0.2, -0.15) is 4.80 Å². The Morgan fingerprint density at radius 1 is 0.818 bits per heavy atom. The number of rotatable bonds is 5. The molecule has 0 aliphatic rings. The Morgan fingerprint density at radius 2 is 1.64 bits per heavy atom. The minimum atomic E-state index is 0.465. The minimum absolute atomic E-state index is 0.465. The van der Waals surface area contributed by atoms with Crippen LogP contribution in [0.4, 0.5) is 0 Å². The molecule has 6 aromatic rings. The monoisotopic (exact) mass is 434 g/mol. The molecular formula is C24H18N8O. The van der Waals surface area contributed by atoms with Gasteiger partial charge < -0.3 is 8.82 Å². The van der Waals surface area contributed by atoms with Crippen LogP contribution in [0.15, 0.2) is 83.7 Å². The van der Waals surface area contributed by atoms with Gasteiger partial charge in [0.05, 0.1) is 30.1 Å². The molecular weight excluding hydrogens is 416 g/mol. The highest BCUT2D eigenvalue weighted by Gasteiger charge is 2.14. The van der Waals surface area contributed by atoms with E-state index in [0.717, 1.165) is 33.5 Å². The zero-order chi connectivity index (χ0) is 22.2. The lowest BCUT2D eigenvalue weighted by atomic mass is 10.1. The van der Waals surface area contributed by atoms with E-state index in [1.165, 1.54) is 0 Å². The van der Waals surface area contributed by atoms with Gasteiger partial charge in [0.1, 0.15) is 0 Å². The van der Waals surface area contributed by atoms with Gasteiger partial charge in [0, 0.05) is 16.8 Å². The van der Waals surface area contributed by atoms with Gasteiger partial charge in [-0.25, -0.2) is 4.98 Å². The molecule has 0 saturated heterocycles. The molecule has 4 aromatic heterocycles. The van der Waals surface area contributed by atoms with Crippen molar-refractivity contribution in [1.82, 2.24) is 39.8 Å². The summed E-state index contributed by atoms with van der Waals surface area (Å²) >= 11 is 0. The van der Waals surface area contributed by atoms with E-state index in [4.69, 9.17) is 4.42 Å². The summed E-state index contributed by atoms with van der Waals surface area (Å²) in [6, 6.07) is 21.6. The highest BCUT2D eigenvalue weighted by Crippen LogP contribution is 2.27. The zero-order valence-electron chi connectivity index (χ0n) is 17.7. The van der Waals surface area contributed by atoms with Crippen molar-refractivity contribution < 1.29 is 4.42 Å². The van der Waals surface area contributed by atoms with Crippen LogP contribution in [-0.2, 0) is 6.54 Å². The molecule has 0 bridgehead atoms. The second-order valence-corrected chi connectivity index (χ2v) is 7.64. The van der Waals surface area contributed by atoms with Gasteiger partial charge in [0.15, 0.2) is 0 Å². The van der Waals surface area contributed by atoms with E-state index in [1.54, 1.807) is 11.1 Å². The Balaban J connectivity index is 1.21. The quantitative estimate of drug-likeness (QED) is 0.403. The van der Waals surface area contributed by atoms with Crippen LogP contribution >= 0.6 is 0 Å². The third kappa shape index (κ3) is 3.55. The van der Waals surface area contributed by atoms with E-state index >= 15 is 0 Å². The normalized spacial score (nSPS) is 11.3. The molecule has 0 unspecified atom stereocenters. The van der Waals surface area contributed by atoms with E-state index in [1.807, 2.05) is 84.3 Å². The molecule has 0 atom stereocenters. The Labute approximate surface area is 188 Å². The number of hydrogen-bond acceptors (Lipinski definition) is 7. The van der Waals surface area contributed by atoms with Crippen LogP contribution in [0.25, 0.3) is 39.8 Å². The maximum Gasteiger partial charge on any atom is 0.249 e. The summed E-state index contributed by atoms with van der Waals surface area (Å²) in [5, 5.41) is 21.3. The van der Waals surface area contributed by atoms with Crippen LogP contribution in [0.3, 0.4) is 0 Å². The van der Waals surface area contributed by atoms with Crippen molar-refractivity contribution in [2.75, 3.05) is 0 Å². The Morgan fingerprint density at radius 3 is 2.48 bits per heavy atom. The maximum atomic E-state index is 5.98. The summed E-state index contributed by atoms with van der Waals surface area (Å²) in [7, 11) is 0. The predicted octanol–water partition coefficient (Wildman–Crippen LogP) is 4.06. The number of hydrogen-bond donors (Lipinski definition) is 0. The lowest BCUT2D eigenvalue weighted by Crippen LogP contribution is -2.03. The summed E-state index contributed by atoms with van der Waals surface area (Å²) in [5.41, 5.74) is 5.71. The van der Waals surface area contributed by atoms with E-state index in [0.29, 0.717) is 24.2 Å². The second kappa shape index (κ2) is 7.79. The average Bonchev–Trinajstić information content (AvgIpc) is 3.62. The Kier molecular flexibility index (Phi) is 4.50. The number of pyridine rings is 1. The van der Waals surface area contributed by atoms with Crippen molar-refractivity contribution in [3.63, 3.8) is 0 Å². The summed E-state index contributed by atoms with van der Waals surface area (Å²) in [5.74, 6) is 1.55. The van der Waals surface area contributed by atoms with Crippen LogP contribution < -0.4 is 0 Å². The number of fused-ring (bicyclic) bond motifs is 1. The van der Waals surface area contributed by atoms with Crippen molar-refractivity contribution >= 4 is 5.52 Å². The van der Waals surface area contributed by atoms with Gasteiger partial charge in [0.2, 0.25) is 17.6 Å². The van der Waals surface area contributed by atoms with Gasteiger partial charge in [-0.05, 0) is 42.0 Å². The maximum absolute atomic E-state index is 5.98. The summed E-state index contributed by atoms with van der Waals surface area (Å²) in [4.78, 5) is 5.77. The van der Waals surface area contributed by atoms with E-state index < -0.39 is 0 Å². The van der Waals surface area contributed by atoms with Crippen LogP contribution in [0.5, 0.6) is 0 Å². The Hall–Kier alpha value is -4.66. The standard InChI is InChI=1S/C24H18N8O/c1-16-21(12-11-20-13-25-15-31(16)20)24-28-27-23(33-24)19-9-7-17(8-10-19)14-32-29-22(26-30-32)18-5-3-2-4-6-18/h2-13,15H,14H2,1H3. The average molecular weight is 434 g/mol. The zero-order valence-corrected chi connectivity index (χ0v) is 17.7. The van der Waals surface area contributed by atoms with E-state index in [2.05, 4.69) is 30.6 Å². The van der Waals surface area contributed by atoms with Crippen molar-refractivity contribution in [3.05, 3.63) is 90.5 Å². The third-order valence-corrected chi connectivity index (χ3v) is 5.50. The molecule has 0 N–H and O–H groups in total. The number of nitrogens with zero attached hydrogens (tertiary/aromatic N) is 8. The Bertz CT molecular complexity index is 1550. The fourth-order valence-corrected chi connectivity index (χ4v) is 3.73. The first-order chi connectivity index (χ1) is 16.2. The minimum Gasteiger partial charge on any atom is -0.416 e. The number of tetrazole rings is 1. The SMILES string of the molecule is Cc1c(-c2nnc(-c3ccc(Cn4nnc(-c5ccccc5)n4)cc3)o2)ccc2cncn12. The van der Waals surface area contributed by atoms with E-state index in [9.17, 15) is 0 Å². The van der Waals surface area contributed by atoms with Gasteiger partial charge in [-0.1, -0.05) is 42.5 Å². The van der Waals surface area contributed by atoms with Crippen molar-refractivity contribution in [2.45, 2.75) is 13.5 Å². The lowest BCUT2D eigenvalue weighted by Gasteiger charge is -2.04. The third-order valence-electron chi connectivity index (χ3n) is 5.50. The summed E-state index contributed by atoms with van der Waals surface area (Å²) < 4.78 is 7.97. The molecule has 33 heavy (non-hydrogen) atoms. The van der Waals surface area contributed by atoms with Crippen LogP contribution in [0.2, 0.25) is 0 Å². The van der Waals surface area contributed by atoms with Crippen LogP contribution in [-0.4, -0.2) is 39.8 Å². The molecule has 0 radical (unpaired) electrons. The van der Waals surface area contributed by atoms with Gasteiger partial charge in [-0.15, -0.1) is 20.4 Å². The van der Waals surface area contributed by atoms with Gasteiger partial charge in [-0.3, -0.25) is 0 Å². The number of benzene rings is 2. The number of aromatic nitrogens is 8. The van der Waals surface area contributed by atoms with Crippen molar-refractivity contribution in [2.24, 2.45) is 0 Å². The molecule has 2 aromatic carbocycles. The molecule has 0 fully saturated rings. The first-order valence-electron chi connectivity index (χ1n) is 10.4.